The number of methoxy groups -OCH3 is 1. The Morgan fingerprint density at radius 3 is 2.59 bits per heavy atom. The fourth-order valence-corrected chi connectivity index (χ4v) is 5.14. The number of hydrogen-bond donors (Lipinski definition) is 0. The Bertz CT molecular complexity index is 1520. The monoisotopic (exact) mass is 447 g/mol. The van der Waals surface area contributed by atoms with Crippen molar-refractivity contribution in [3.05, 3.63) is 102 Å². The standard InChI is InChI=1S/C29H25N3O2/c1-34-27-16-7-6-15-26(27)31-19-22(17-28(31)33)29-30-24-13-4-5-14-25(24)32(29)18-21-11-8-10-20-9-2-3-12-23(20)21/h2-16,22H,17-19H2,1H3/t22-/m1/s1. The molecular formula is C29H25N3O2. The van der Waals surface area contributed by atoms with E-state index in [4.69, 9.17) is 9.72 Å². The quantitative estimate of drug-likeness (QED) is 0.344. The Labute approximate surface area is 198 Å². The number of hydrogen-bond acceptors (Lipinski definition) is 3. The third-order valence-electron chi connectivity index (χ3n) is 6.76. The number of benzene rings is 4. The van der Waals surface area contributed by atoms with Crippen molar-refractivity contribution in [3.8, 4) is 5.75 Å². The third kappa shape index (κ3) is 3.41. The van der Waals surface area contributed by atoms with Gasteiger partial charge >= 0.3 is 0 Å². The van der Waals surface area contributed by atoms with Gasteiger partial charge in [0.1, 0.15) is 11.6 Å². The summed E-state index contributed by atoms with van der Waals surface area (Å²) < 4.78 is 7.82. The lowest BCUT2D eigenvalue weighted by molar-refractivity contribution is -0.117. The smallest absolute Gasteiger partial charge is 0.227 e. The second-order valence-corrected chi connectivity index (χ2v) is 8.76. The molecule has 0 bridgehead atoms. The van der Waals surface area contributed by atoms with Crippen LogP contribution in [0.25, 0.3) is 21.8 Å². The minimum absolute atomic E-state index is 0.000196. The maximum absolute atomic E-state index is 13.1. The number of para-hydroxylation sites is 4. The zero-order valence-corrected chi connectivity index (χ0v) is 19.0. The SMILES string of the molecule is COc1ccccc1N1C[C@H](c2nc3ccccc3n2Cc2cccc3ccccc23)CC1=O. The van der Waals surface area contributed by atoms with Crippen LogP contribution in [0.5, 0.6) is 5.75 Å². The number of carbonyl (C=O) groups excluding carboxylic acids is 1. The molecule has 6 rings (SSSR count). The van der Waals surface area contributed by atoms with Crippen LogP contribution in [-0.2, 0) is 11.3 Å². The van der Waals surface area contributed by atoms with Crippen LogP contribution in [-0.4, -0.2) is 29.1 Å². The first-order valence-electron chi connectivity index (χ1n) is 11.6. The molecule has 1 aliphatic rings. The number of rotatable bonds is 5. The molecule has 0 radical (unpaired) electrons. The van der Waals surface area contributed by atoms with E-state index in [-0.39, 0.29) is 11.8 Å². The second kappa shape index (κ2) is 8.34. The van der Waals surface area contributed by atoms with Gasteiger partial charge in [0.05, 0.1) is 23.8 Å². The van der Waals surface area contributed by atoms with Crippen molar-refractivity contribution in [2.45, 2.75) is 18.9 Å². The molecule has 1 atom stereocenters. The molecule has 5 aromatic rings. The number of nitrogens with zero attached hydrogens (tertiary/aromatic N) is 3. The van der Waals surface area contributed by atoms with Gasteiger partial charge in [0, 0.05) is 25.4 Å². The summed E-state index contributed by atoms with van der Waals surface area (Å²) in [6.45, 7) is 1.29. The van der Waals surface area contributed by atoms with Crippen LogP contribution in [0.4, 0.5) is 5.69 Å². The Hall–Kier alpha value is -4.12. The van der Waals surface area contributed by atoms with Gasteiger partial charge in [-0.2, -0.15) is 0 Å². The van der Waals surface area contributed by atoms with Crippen molar-refractivity contribution in [3.63, 3.8) is 0 Å². The summed E-state index contributed by atoms with van der Waals surface area (Å²) in [7, 11) is 1.64. The number of carbonyl (C=O) groups is 1. The summed E-state index contributed by atoms with van der Waals surface area (Å²) in [5.41, 5.74) is 4.11. The van der Waals surface area contributed by atoms with Crippen LogP contribution >= 0.6 is 0 Å². The first-order chi connectivity index (χ1) is 16.7. The molecule has 1 aliphatic heterocycles. The highest BCUT2D eigenvalue weighted by Gasteiger charge is 2.36. The normalized spacial score (nSPS) is 16.0. The number of amides is 1. The van der Waals surface area contributed by atoms with E-state index in [0.717, 1.165) is 22.5 Å². The molecule has 2 heterocycles. The zero-order chi connectivity index (χ0) is 23.1. The molecule has 0 aliphatic carbocycles. The molecule has 0 saturated carbocycles. The zero-order valence-electron chi connectivity index (χ0n) is 19.0. The lowest BCUT2D eigenvalue weighted by Crippen LogP contribution is -2.25. The third-order valence-corrected chi connectivity index (χ3v) is 6.76. The molecule has 168 valence electrons. The Balaban J connectivity index is 1.42. The molecule has 1 amide bonds. The largest absolute Gasteiger partial charge is 0.495 e. The van der Waals surface area contributed by atoms with E-state index in [2.05, 4.69) is 53.1 Å². The molecule has 0 unspecified atom stereocenters. The number of imidazole rings is 1. The van der Waals surface area contributed by atoms with Gasteiger partial charge in [-0.25, -0.2) is 4.98 Å². The number of ether oxygens (including phenoxy) is 1. The minimum atomic E-state index is -0.000196. The number of anilines is 1. The highest BCUT2D eigenvalue weighted by molar-refractivity contribution is 5.98. The van der Waals surface area contributed by atoms with E-state index >= 15 is 0 Å². The van der Waals surface area contributed by atoms with E-state index in [1.807, 2.05) is 47.4 Å². The fraction of sp³-hybridized carbons (Fsp3) is 0.172. The van der Waals surface area contributed by atoms with Crippen LogP contribution < -0.4 is 9.64 Å². The topological polar surface area (TPSA) is 47.4 Å². The van der Waals surface area contributed by atoms with Crippen molar-refractivity contribution in [2.24, 2.45) is 0 Å². The van der Waals surface area contributed by atoms with Crippen molar-refractivity contribution in [1.82, 2.24) is 9.55 Å². The molecule has 0 spiro atoms. The molecule has 1 aromatic heterocycles. The molecule has 1 fully saturated rings. The molecule has 0 N–H and O–H groups in total. The van der Waals surface area contributed by atoms with Gasteiger partial charge in [-0.1, -0.05) is 66.7 Å². The molecule has 4 aromatic carbocycles. The van der Waals surface area contributed by atoms with Crippen molar-refractivity contribution in [1.29, 1.82) is 0 Å². The first kappa shape index (κ1) is 20.5. The molecular weight excluding hydrogens is 422 g/mol. The van der Waals surface area contributed by atoms with Gasteiger partial charge < -0.3 is 14.2 Å². The summed E-state index contributed by atoms with van der Waals surface area (Å²) in [6.07, 6.45) is 0.427. The highest BCUT2D eigenvalue weighted by atomic mass is 16.5. The van der Waals surface area contributed by atoms with Crippen LogP contribution in [0.1, 0.15) is 23.7 Å². The summed E-state index contributed by atoms with van der Waals surface area (Å²) in [4.78, 5) is 20.0. The van der Waals surface area contributed by atoms with E-state index in [0.29, 0.717) is 25.3 Å². The Morgan fingerprint density at radius 2 is 1.68 bits per heavy atom. The lowest BCUT2D eigenvalue weighted by Gasteiger charge is -2.20. The van der Waals surface area contributed by atoms with Gasteiger partial charge in [-0.3, -0.25) is 4.79 Å². The minimum Gasteiger partial charge on any atom is -0.495 e. The predicted molar refractivity (Wildman–Crippen MR) is 135 cm³/mol. The van der Waals surface area contributed by atoms with Gasteiger partial charge in [0.25, 0.3) is 0 Å². The number of aromatic nitrogens is 2. The van der Waals surface area contributed by atoms with Gasteiger partial charge in [-0.05, 0) is 40.6 Å². The fourth-order valence-electron chi connectivity index (χ4n) is 5.14. The van der Waals surface area contributed by atoms with E-state index in [1.54, 1.807) is 7.11 Å². The summed E-state index contributed by atoms with van der Waals surface area (Å²) in [5.74, 6) is 1.76. The van der Waals surface area contributed by atoms with Crippen LogP contribution in [0.3, 0.4) is 0 Å². The van der Waals surface area contributed by atoms with E-state index in [1.165, 1.54) is 16.3 Å². The van der Waals surface area contributed by atoms with Gasteiger partial charge in [0.15, 0.2) is 0 Å². The first-order valence-corrected chi connectivity index (χ1v) is 11.6. The molecule has 34 heavy (non-hydrogen) atoms. The maximum atomic E-state index is 13.1. The summed E-state index contributed by atoms with van der Waals surface area (Å²) >= 11 is 0. The summed E-state index contributed by atoms with van der Waals surface area (Å²) in [6, 6.07) is 30.8. The van der Waals surface area contributed by atoms with Gasteiger partial charge in [-0.15, -0.1) is 0 Å². The lowest BCUT2D eigenvalue weighted by atomic mass is 10.0. The van der Waals surface area contributed by atoms with E-state index < -0.39 is 0 Å². The average molecular weight is 448 g/mol. The van der Waals surface area contributed by atoms with Crippen molar-refractivity contribution >= 4 is 33.4 Å². The maximum Gasteiger partial charge on any atom is 0.227 e. The van der Waals surface area contributed by atoms with Crippen LogP contribution in [0.2, 0.25) is 0 Å². The highest BCUT2D eigenvalue weighted by Crippen LogP contribution is 2.37. The summed E-state index contributed by atoms with van der Waals surface area (Å²) in [5, 5.41) is 2.47. The predicted octanol–water partition coefficient (Wildman–Crippen LogP) is 5.77. The molecule has 5 heteroatoms. The molecule has 5 nitrogen and oxygen atoms in total. The van der Waals surface area contributed by atoms with Crippen molar-refractivity contribution < 1.29 is 9.53 Å². The Kier molecular flexibility index (Phi) is 5.02. The Morgan fingerprint density at radius 1 is 0.912 bits per heavy atom. The molecule has 1 saturated heterocycles. The van der Waals surface area contributed by atoms with Crippen LogP contribution in [0, 0.1) is 0 Å². The van der Waals surface area contributed by atoms with Crippen LogP contribution in [0.15, 0.2) is 91.0 Å². The van der Waals surface area contributed by atoms with E-state index in [9.17, 15) is 4.79 Å². The van der Waals surface area contributed by atoms with Gasteiger partial charge in [0.2, 0.25) is 5.91 Å². The second-order valence-electron chi connectivity index (χ2n) is 8.76. The average Bonchev–Trinajstić information content (AvgIpc) is 3.44. The van der Waals surface area contributed by atoms with Crippen molar-refractivity contribution in [2.75, 3.05) is 18.6 Å². The number of fused-ring (bicyclic) bond motifs is 2.